The lowest BCUT2D eigenvalue weighted by molar-refractivity contribution is -0.159. The Kier molecular flexibility index (Phi) is 3.16. The van der Waals surface area contributed by atoms with Crippen molar-refractivity contribution in [1.82, 2.24) is 10.1 Å². The summed E-state index contributed by atoms with van der Waals surface area (Å²) in [6, 6.07) is 1.00. The van der Waals surface area contributed by atoms with Crippen LogP contribution >= 0.6 is 11.3 Å². The molecular formula is C10H10F3N3OS. The lowest BCUT2D eigenvalue weighted by atomic mass is 10.1. The maximum absolute atomic E-state index is 12.3. The molecule has 0 saturated carbocycles. The summed E-state index contributed by atoms with van der Waals surface area (Å²) < 4.78 is 41.1. The number of hydrogen-bond donors (Lipinski definition) is 1. The second-order valence-electron chi connectivity index (χ2n) is 3.80. The number of hydrogen-bond acceptors (Lipinski definition) is 5. The van der Waals surface area contributed by atoms with Gasteiger partial charge in [0.1, 0.15) is 0 Å². The van der Waals surface area contributed by atoms with Crippen LogP contribution in [-0.2, 0) is 6.18 Å². The lowest BCUT2D eigenvalue weighted by Gasteiger charge is -2.05. The van der Waals surface area contributed by atoms with Crippen LogP contribution in [0, 0.1) is 13.8 Å². The average Bonchev–Trinajstić information content (AvgIpc) is 2.83. The van der Waals surface area contributed by atoms with Gasteiger partial charge < -0.3 is 10.3 Å². The van der Waals surface area contributed by atoms with Crippen LogP contribution in [0.5, 0.6) is 0 Å². The number of nitrogens with two attached hydrogens (primary N) is 1. The minimum atomic E-state index is -4.65. The molecule has 2 aromatic rings. The van der Waals surface area contributed by atoms with Gasteiger partial charge in [0.25, 0.3) is 0 Å². The molecule has 18 heavy (non-hydrogen) atoms. The molecule has 0 radical (unpaired) electrons. The molecule has 0 spiro atoms. The van der Waals surface area contributed by atoms with Gasteiger partial charge in [0.15, 0.2) is 5.82 Å². The third kappa shape index (κ3) is 2.39. The number of thiophene rings is 1. The van der Waals surface area contributed by atoms with Gasteiger partial charge >= 0.3 is 12.1 Å². The molecule has 0 aromatic carbocycles. The second-order valence-corrected chi connectivity index (χ2v) is 5.26. The fourth-order valence-corrected chi connectivity index (χ4v) is 2.55. The Balaban J connectivity index is 2.32. The minimum absolute atomic E-state index is 0.164. The van der Waals surface area contributed by atoms with Crippen molar-refractivity contribution in [1.29, 1.82) is 0 Å². The van der Waals surface area contributed by atoms with E-state index in [0.717, 1.165) is 9.75 Å². The van der Waals surface area contributed by atoms with Crippen LogP contribution in [-0.4, -0.2) is 10.1 Å². The van der Waals surface area contributed by atoms with Crippen LogP contribution in [0.1, 0.15) is 33.1 Å². The molecule has 0 fully saturated rings. The van der Waals surface area contributed by atoms with E-state index in [9.17, 15) is 13.2 Å². The first-order valence-corrected chi connectivity index (χ1v) is 5.84. The Hall–Kier alpha value is -1.41. The molecule has 0 aliphatic carbocycles. The highest BCUT2D eigenvalue weighted by Gasteiger charge is 2.39. The zero-order chi connectivity index (χ0) is 13.5. The van der Waals surface area contributed by atoms with Gasteiger partial charge in [-0.2, -0.15) is 18.2 Å². The van der Waals surface area contributed by atoms with Gasteiger partial charge in [-0.15, -0.1) is 11.3 Å². The topological polar surface area (TPSA) is 64.9 Å². The highest BCUT2D eigenvalue weighted by Crippen LogP contribution is 2.31. The standard InChI is InChI=1S/C10H10F3N3OS/c1-4-3-6(5(2)18-4)7(14)8-15-9(17-16-8)10(11,12)13/h3,7H,14H2,1-2H3. The Morgan fingerprint density at radius 2 is 2.06 bits per heavy atom. The van der Waals surface area contributed by atoms with E-state index in [1.165, 1.54) is 11.3 Å². The molecule has 0 saturated heterocycles. The summed E-state index contributed by atoms with van der Waals surface area (Å²) in [7, 11) is 0. The number of alkyl halides is 3. The number of rotatable bonds is 2. The summed E-state index contributed by atoms with van der Waals surface area (Å²) in [5.74, 6) is -1.54. The van der Waals surface area contributed by atoms with Gasteiger partial charge in [0.2, 0.25) is 0 Å². The molecule has 2 aromatic heterocycles. The minimum Gasteiger partial charge on any atom is -0.329 e. The predicted molar refractivity (Wildman–Crippen MR) is 59.1 cm³/mol. The van der Waals surface area contributed by atoms with Crippen LogP contribution in [0.25, 0.3) is 0 Å². The van der Waals surface area contributed by atoms with E-state index in [-0.39, 0.29) is 5.82 Å². The maximum atomic E-state index is 12.3. The van der Waals surface area contributed by atoms with Crippen LogP contribution in [0.4, 0.5) is 13.2 Å². The Morgan fingerprint density at radius 3 is 2.50 bits per heavy atom. The summed E-state index contributed by atoms with van der Waals surface area (Å²) in [6.45, 7) is 3.74. The van der Waals surface area contributed by atoms with Crippen molar-refractivity contribution in [3.05, 3.63) is 33.1 Å². The van der Waals surface area contributed by atoms with E-state index in [1.807, 2.05) is 19.9 Å². The maximum Gasteiger partial charge on any atom is 0.471 e. The van der Waals surface area contributed by atoms with Gasteiger partial charge in [-0.25, -0.2) is 0 Å². The zero-order valence-electron chi connectivity index (χ0n) is 9.58. The quantitative estimate of drug-likeness (QED) is 0.916. The van der Waals surface area contributed by atoms with Gasteiger partial charge in [0, 0.05) is 9.75 Å². The lowest BCUT2D eigenvalue weighted by Crippen LogP contribution is -2.14. The van der Waals surface area contributed by atoms with Crippen molar-refractivity contribution >= 4 is 11.3 Å². The third-order valence-electron chi connectivity index (χ3n) is 2.38. The van der Waals surface area contributed by atoms with Crippen LogP contribution in [0.2, 0.25) is 0 Å². The highest BCUT2D eigenvalue weighted by atomic mass is 32.1. The number of halogens is 3. The third-order valence-corrected chi connectivity index (χ3v) is 3.36. The summed E-state index contributed by atoms with van der Waals surface area (Å²) >= 11 is 1.52. The molecule has 2 rings (SSSR count). The van der Waals surface area contributed by atoms with Crippen molar-refractivity contribution in [2.45, 2.75) is 26.1 Å². The first-order chi connectivity index (χ1) is 8.29. The first kappa shape index (κ1) is 13.0. The van der Waals surface area contributed by atoms with Crippen molar-refractivity contribution in [3.63, 3.8) is 0 Å². The zero-order valence-corrected chi connectivity index (χ0v) is 10.4. The molecule has 4 nitrogen and oxygen atoms in total. The molecule has 2 heterocycles. The Labute approximate surface area is 105 Å². The van der Waals surface area contributed by atoms with Crippen LogP contribution in [0.15, 0.2) is 10.6 Å². The molecule has 1 unspecified atom stereocenters. The molecule has 0 amide bonds. The van der Waals surface area contributed by atoms with E-state index in [0.29, 0.717) is 5.56 Å². The van der Waals surface area contributed by atoms with Gasteiger partial charge in [-0.05, 0) is 25.5 Å². The summed E-state index contributed by atoms with van der Waals surface area (Å²) in [5, 5.41) is 3.28. The number of nitrogens with zero attached hydrogens (tertiary/aromatic N) is 2. The summed E-state index contributed by atoms with van der Waals surface area (Å²) in [5.41, 5.74) is 6.56. The van der Waals surface area contributed by atoms with Gasteiger partial charge in [-0.3, -0.25) is 0 Å². The Morgan fingerprint density at radius 1 is 1.39 bits per heavy atom. The normalized spacial score (nSPS) is 13.9. The molecule has 0 bridgehead atoms. The average molecular weight is 277 g/mol. The monoisotopic (exact) mass is 277 g/mol. The summed E-state index contributed by atoms with van der Waals surface area (Å²) in [6.07, 6.45) is -4.65. The van der Waals surface area contributed by atoms with Crippen molar-refractivity contribution < 1.29 is 17.7 Å². The SMILES string of the molecule is Cc1cc(C(N)c2noc(C(F)(F)F)n2)c(C)s1. The molecule has 8 heteroatoms. The van der Waals surface area contributed by atoms with E-state index in [2.05, 4.69) is 14.7 Å². The van der Waals surface area contributed by atoms with Crippen molar-refractivity contribution in [3.8, 4) is 0 Å². The number of aryl methyl sites for hydroxylation is 2. The molecule has 2 N–H and O–H groups in total. The molecule has 0 aliphatic heterocycles. The second kappa shape index (κ2) is 4.36. The summed E-state index contributed by atoms with van der Waals surface area (Å²) in [4.78, 5) is 5.24. The highest BCUT2D eigenvalue weighted by molar-refractivity contribution is 7.12. The van der Waals surface area contributed by atoms with E-state index in [4.69, 9.17) is 5.73 Å². The van der Waals surface area contributed by atoms with Crippen LogP contribution < -0.4 is 5.73 Å². The van der Waals surface area contributed by atoms with Crippen molar-refractivity contribution in [2.75, 3.05) is 0 Å². The first-order valence-electron chi connectivity index (χ1n) is 5.02. The molecule has 98 valence electrons. The fourth-order valence-electron chi connectivity index (χ4n) is 1.57. The van der Waals surface area contributed by atoms with E-state index < -0.39 is 18.1 Å². The molecular weight excluding hydrogens is 267 g/mol. The largest absolute Gasteiger partial charge is 0.471 e. The molecule has 0 aliphatic rings. The Bertz CT molecular complexity index is 561. The van der Waals surface area contributed by atoms with E-state index in [1.54, 1.807) is 0 Å². The van der Waals surface area contributed by atoms with Gasteiger partial charge in [0.05, 0.1) is 6.04 Å². The van der Waals surface area contributed by atoms with E-state index >= 15 is 0 Å². The van der Waals surface area contributed by atoms with Crippen molar-refractivity contribution in [2.24, 2.45) is 5.73 Å². The predicted octanol–water partition coefficient (Wildman–Crippen LogP) is 2.81. The fraction of sp³-hybridized carbons (Fsp3) is 0.400. The van der Waals surface area contributed by atoms with Crippen LogP contribution in [0.3, 0.4) is 0 Å². The molecule has 1 atom stereocenters. The number of aromatic nitrogens is 2. The van der Waals surface area contributed by atoms with Gasteiger partial charge in [-0.1, -0.05) is 5.16 Å². The smallest absolute Gasteiger partial charge is 0.329 e.